The lowest BCUT2D eigenvalue weighted by molar-refractivity contribution is 0.338. The molecule has 56 valence electrons. The molecule has 0 N–H and O–H groups in total. The van der Waals surface area contributed by atoms with Crippen molar-refractivity contribution in [1.29, 1.82) is 0 Å². The molecule has 2 nitrogen and oxygen atoms in total. The van der Waals surface area contributed by atoms with Crippen LogP contribution in [0.1, 0.15) is 13.8 Å². The first-order valence-corrected chi connectivity index (χ1v) is 3.15. The van der Waals surface area contributed by atoms with Gasteiger partial charge in [-0.1, -0.05) is 0 Å². The van der Waals surface area contributed by atoms with Crippen molar-refractivity contribution in [3.63, 3.8) is 0 Å². The summed E-state index contributed by atoms with van der Waals surface area (Å²) in [5.41, 5.74) is 1.07. The largest absolute Gasteiger partial charge is 0.504 e. The molecule has 0 radical (unpaired) electrons. The minimum atomic E-state index is 1.07. The second kappa shape index (κ2) is 6.08. The molecule has 0 amide bonds. The van der Waals surface area contributed by atoms with E-state index in [1.165, 1.54) is 0 Å². The highest BCUT2D eigenvalue weighted by Gasteiger charge is 1.76. The van der Waals surface area contributed by atoms with E-state index in [4.69, 9.17) is 4.74 Å². The average molecular weight is 139 g/mol. The van der Waals surface area contributed by atoms with Gasteiger partial charge in [-0.15, -0.1) is 0 Å². The number of hydrogen-bond donors (Lipinski definition) is 0. The zero-order valence-corrected chi connectivity index (χ0v) is 6.66. The molecule has 0 bridgehead atoms. The standard InChI is InChI=1S/C8H13NO/c1-4-9-7-8(2)5-6-10-3/h4-7H,1-3H3/b6-5+,8-7-,9-4+. The number of ether oxygens (including phenoxy) is 1. The van der Waals surface area contributed by atoms with Gasteiger partial charge in [0.15, 0.2) is 0 Å². The molecule has 0 fully saturated rings. The van der Waals surface area contributed by atoms with Gasteiger partial charge < -0.3 is 4.74 Å². The van der Waals surface area contributed by atoms with Gasteiger partial charge in [-0.05, 0) is 25.5 Å². The maximum Gasteiger partial charge on any atom is 0.0827 e. The fraction of sp³-hybridized carbons (Fsp3) is 0.375. The summed E-state index contributed by atoms with van der Waals surface area (Å²) in [5, 5.41) is 0. The monoisotopic (exact) mass is 139 g/mol. The van der Waals surface area contributed by atoms with E-state index in [1.54, 1.807) is 25.8 Å². The van der Waals surface area contributed by atoms with Crippen LogP contribution in [0.15, 0.2) is 29.1 Å². The normalized spacial score (nSPS) is 13.3. The number of methoxy groups -OCH3 is 1. The third-order valence-corrected chi connectivity index (χ3v) is 0.894. The highest BCUT2D eigenvalue weighted by molar-refractivity contribution is 5.54. The van der Waals surface area contributed by atoms with Crippen molar-refractivity contribution in [3.05, 3.63) is 24.1 Å². The zero-order chi connectivity index (χ0) is 7.82. The topological polar surface area (TPSA) is 21.6 Å². The Morgan fingerprint density at radius 1 is 1.50 bits per heavy atom. The third kappa shape index (κ3) is 5.09. The minimum Gasteiger partial charge on any atom is -0.504 e. The van der Waals surface area contributed by atoms with Gasteiger partial charge in [0, 0.05) is 12.4 Å². The van der Waals surface area contributed by atoms with Crippen LogP contribution in [-0.2, 0) is 4.74 Å². The molecule has 0 aliphatic heterocycles. The van der Waals surface area contributed by atoms with Crippen molar-refractivity contribution in [2.75, 3.05) is 7.11 Å². The van der Waals surface area contributed by atoms with Gasteiger partial charge in [0.1, 0.15) is 0 Å². The van der Waals surface area contributed by atoms with E-state index in [-0.39, 0.29) is 0 Å². The SMILES string of the molecule is C/C=N/C=C(C)\C=C\OC. The number of hydrogen-bond acceptors (Lipinski definition) is 2. The first kappa shape index (κ1) is 8.95. The van der Waals surface area contributed by atoms with E-state index in [9.17, 15) is 0 Å². The van der Waals surface area contributed by atoms with E-state index < -0.39 is 0 Å². The summed E-state index contributed by atoms with van der Waals surface area (Å²) in [6.07, 6.45) is 6.99. The molecule has 0 heterocycles. The van der Waals surface area contributed by atoms with Crippen LogP contribution in [0, 0.1) is 0 Å². The molecule has 0 atom stereocenters. The van der Waals surface area contributed by atoms with Gasteiger partial charge in [-0.3, -0.25) is 4.99 Å². The number of rotatable bonds is 3. The second-order valence-corrected chi connectivity index (χ2v) is 1.82. The van der Waals surface area contributed by atoms with Crippen LogP contribution in [0.2, 0.25) is 0 Å². The van der Waals surface area contributed by atoms with E-state index in [1.807, 2.05) is 19.9 Å². The molecular formula is C8H13NO. The van der Waals surface area contributed by atoms with Gasteiger partial charge >= 0.3 is 0 Å². The summed E-state index contributed by atoms with van der Waals surface area (Å²) in [5.74, 6) is 0. The Morgan fingerprint density at radius 3 is 2.70 bits per heavy atom. The summed E-state index contributed by atoms with van der Waals surface area (Å²) < 4.78 is 4.72. The predicted molar refractivity (Wildman–Crippen MR) is 44.1 cm³/mol. The van der Waals surface area contributed by atoms with Crippen LogP contribution in [0.25, 0.3) is 0 Å². The molecule has 0 aromatic carbocycles. The van der Waals surface area contributed by atoms with Gasteiger partial charge in [0.05, 0.1) is 13.4 Å². The van der Waals surface area contributed by atoms with Crippen molar-refractivity contribution >= 4 is 6.21 Å². The first-order valence-electron chi connectivity index (χ1n) is 3.15. The number of nitrogens with zero attached hydrogens (tertiary/aromatic N) is 1. The maximum absolute atomic E-state index is 4.72. The Balaban J connectivity index is 3.81. The molecule has 0 unspecified atom stereocenters. The Morgan fingerprint density at radius 2 is 2.20 bits per heavy atom. The summed E-state index contributed by atoms with van der Waals surface area (Å²) >= 11 is 0. The van der Waals surface area contributed by atoms with Gasteiger partial charge in [0.25, 0.3) is 0 Å². The summed E-state index contributed by atoms with van der Waals surface area (Å²) in [6.45, 7) is 3.84. The quantitative estimate of drug-likeness (QED) is 0.333. The fourth-order valence-electron chi connectivity index (χ4n) is 0.411. The van der Waals surface area contributed by atoms with Crippen LogP contribution in [0.5, 0.6) is 0 Å². The Kier molecular flexibility index (Phi) is 5.44. The Bertz CT molecular complexity index is 157. The van der Waals surface area contributed by atoms with Crippen LogP contribution in [-0.4, -0.2) is 13.3 Å². The average Bonchev–Trinajstić information content (AvgIpc) is 1.97. The highest BCUT2D eigenvalue weighted by Crippen LogP contribution is 1.93. The van der Waals surface area contributed by atoms with E-state index in [2.05, 4.69) is 4.99 Å². The number of aliphatic imine (C=N–C) groups is 1. The molecule has 0 rings (SSSR count). The van der Waals surface area contributed by atoms with Crippen molar-refractivity contribution in [2.45, 2.75) is 13.8 Å². The van der Waals surface area contributed by atoms with Crippen LogP contribution in [0.3, 0.4) is 0 Å². The predicted octanol–water partition coefficient (Wildman–Crippen LogP) is 2.14. The van der Waals surface area contributed by atoms with Gasteiger partial charge in [-0.2, -0.15) is 0 Å². The van der Waals surface area contributed by atoms with Crippen molar-refractivity contribution in [1.82, 2.24) is 0 Å². The molecule has 0 saturated carbocycles. The molecular weight excluding hydrogens is 126 g/mol. The summed E-state index contributed by atoms with van der Waals surface area (Å²) in [4.78, 5) is 3.93. The lowest BCUT2D eigenvalue weighted by atomic mass is 10.3. The third-order valence-electron chi connectivity index (χ3n) is 0.894. The molecule has 0 saturated heterocycles. The molecule has 0 aromatic rings. The minimum absolute atomic E-state index is 1.07. The van der Waals surface area contributed by atoms with Crippen LogP contribution in [0.4, 0.5) is 0 Å². The molecule has 0 aromatic heterocycles. The van der Waals surface area contributed by atoms with E-state index in [0.29, 0.717) is 0 Å². The van der Waals surface area contributed by atoms with E-state index in [0.717, 1.165) is 5.57 Å². The summed E-state index contributed by atoms with van der Waals surface area (Å²) in [7, 11) is 1.62. The van der Waals surface area contributed by atoms with Crippen LogP contribution >= 0.6 is 0 Å². The highest BCUT2D eigenvalue weighted by atomic mass is 16.5. The molecule has 0 aliphatic rings. The Labute approximate surface area is 61.9 Å². The van der Waals surface area contributed by atoms with Crippen molar-refractivity contribution in [3.8, 4) is 0 Å². The van der Waals surface area contributed by atoms with Crippen molar-refractivity contribution < 1.29 is 4.74 Å². The second-order valence-electron chi connectivity index (χ2n) is 1.82. The first-order chi connectivity index (χ1) is 4.81. The van der Waals surface area contributed by atoms with Crippen LogP contribution < -0.4 is 0 Å². The molecule has 0 spiro atoms. The molecule has 2 heteroatoms. The van der Waals surface area contributed by atoms with Crippen molar-refractivity contribution in [2.24, 2.45) is 4.99 Å². The fourth-order valence-corrected chi connectivity index (χ4v) is 0.411. The van der Waals surface area contributed by atoms with Gasteiger partial charge in [0.2, 0.25) is 0 Å². The Hall–Kier alpha value is -1.05. The van der Waals surface area contributed by atoms with E-state index >= 15 is 0 Å². The van der Waals surface area contributed by atoms with Gasteiger partial charge in [-0.25, -0.2) is 0 Å². The summed E-state index contributed by atoms with van der Waals surface area (Å²) in [6, 6.07) is 0. The molecule has 0 aliphatic carbocycles. The number of allylic oxidation sites excluding steroid dienone is 2. The zero-order valence-electron chi connectivity index (χ0n) is 6.66. The molecule has 10 heavy (non-hydrogen) atoms. The lowest BCUT2D eigenvalue weighted by Crippen LogP contribution is -1.69. The lowest BCUT2D eigenvalue weighted by Gasteiger charge is -1.87. The smallest absolute Gasteiger partial charge is 0.0827 e. The maximum atomic E-state index is 4.72.